The van der Waals surface area contributed by atoms with Crippen LogP contribution in [0, 0.1) is 17.2 Å². The first-order valence-electron chi connectivity index (χ1n) is 8.36. The number of nitrogens with zero attached hydrogens (tertiary/aromatic N) is 1. The van der Waals surface area contributed by atoms with Crippen molar-refractivity contribution in [3.63, 3.8) is 0 Å². The highest BCUT2D eigenvalue weighted by Gasteiger charge is 2.39. The van der Waals surface area contributed by atoms with Crippen molar-refractivity contribution >= 4 is 11.7 Å². The van der Waals surface area contributed by atoms with E-state index in [0.717, 1.165) is 12.8 Å². The molecule has 0 saturated heterocycles. The van der Waals surface area contributed by atoms with Crippen LogP contribution in [-0.2, 0) is 4.79 Å². The van der Waals surface area contributed by atoms with Crippen LogP contribution in [0.15, 0.2) is 24.3 Å². The first-order chi connectivity index (χ1) is 10.8. The second kappa shape index (κ2) is 7.24. The maximum Gasteiger partial charge on any atom is 0.228 e. The van der Waals surface area contributed by atoms with Gasteiger partial charge in [-0.05, 0) is 30.9 Å². The zero-order chi connectivity index (χ0) is 17.0. The molecule has 1 aliphatic carbocycles. The number of benzene rings is 1. The number of likely N-dealkylation sites (N-methyl/N-ethyl adjacent to an activating group) is 1. The molecule has 0 bridgehead atoms. The Morgan fingerprint density at radius 2 is 1.87 bits per heavy atom. The van der Waals surface area contributed by atoms with Crippen molar-refractivity contribution < 1.29 is 14.0 Å². The van der Waals surface area contributed by atoms with Crippen molar-refractivity contribution in [1.82, 2.24) is 4.90 Å². The average Bonchev–Trinajstić information content (AvgIpc) is 2.54. The number of rotatable bonds is 5. The quantitative estimate of drug-likeness (QED) is 0.767. The van der Waals surface area contributed by atoms with E-state index >= 15 is 0 Å². The molecule has 0 spiro atoms. The predicted octanol–water partition coefficient (Wildman–Crippen LogP) is 4.07. The second-order valence-electron chi connectivity index (χ2n) is 7.15. The largest absolute Gasteiger partial charge is 0.338 e. The number of halogens is 1. The zero-order valence-corrected chi connectivity index (χ0v) is 14.3. The van der Waals surface area contributed by atoms with Gasteiger partial charge in [-0.1, -0.05) is 45.2 Å². The van der Waals surface area contributed by atoms with E-state index in [2.05, 4.69) is 0 Å². The molecule has 0 unspecified atom stereocenters. The van der Waals surface area contributed by atoms with E-state index in [0.29, 0.717) is 11.5 Å². The topological polar surface area (TPSA) is 37.4 Å². The minimum Gasteiger partial charge on any atom is -0.338 e. The van der Waals surface area contributed by atoms with E-state index in [9.17, 15) is 14.0 Å². The molecule has 1 amide bonds. The van der Waals surface area contributed by atoms with Crippen LogP contribution in [0.25, 0.3) is 0 Å². The van der Waals surface area contributed by atoms with Gasteiger partial charge in [-0.25, -0.2) is 4.39 Å². The minimum atomic E-state index is -0.461. The van der Waals surface area contributed by atoms with Crippen LogP contribution in [0.4, 0.5) is 4.39 Å². The SMILES string of the molecule is CN(CC(=O)c1cccc(F)c1)C(=O)C(C)(C)C1CCCCC1. The van der Waals surface area contributed by atoms with Crippen molar-refractivity contribution in [3.8, 4) is 0 Å². The molecular weight excluding hydrogens is 293 g/mol. The summed E-state index contributed by atoms with van der Waals surface area (Å²) >= 11 is 0. The number of ketones is 1. The lowest BCUT2D eigenvalue weighted by Crippen LogP contribution is -2.45. The molecule has 0 N–H and O–H groups in total. The van der Waals surface area contributed by atoms with Gasteiger partial charge in [-0.15, -0.1) is 0 Å². The molecule has 1 aromatic rings. The molecule has 126 valence electrons. The van der Waals surface area contributed by atoms with Crippen LogP contribution < -0.4 is 0 Å². The Morgan fingerprint density at radius 3 is 2.48 bits per heavy atom. The second-order valence-corrected chi connectivity index (χ2v) is 7.15. The number of hydrogen-bond acceptors (Lipinski definition) is 2. The Balaban J connectivity index is 2.02. The summed E-state index contributed by atoms with van der Waals surface area (Å²) in [6.07, 6.45) is 5.74. The van der Waals surface area contributed by atoms with Crippen LogP contribution in [0.2, 0.25) is 0 Å². The van der Waals surface area contributed by atoms with Crippen molar-refractivity contribution in [2.75, 3.05) is 13.6 Å². The highest BCUT2D eigenvalue weighted by Crippen LogP contribution is 2.39. The predicted molar refractivity (Wildman–Crippen MR) is 88.7 cm³/mol. The fraction of sp³-hybridized carbons (Fsp3) is 0.579. The van der Waals surface area contributed by atoms with Crippen LogP contribution in [0.3, 0.4) is 0 Å². The van der Waals surface area contributed by atoms with Gasteiger partial charge in [-0.3, -0.25) is 9.59 Å². The number of carbonyl (C=O) groups excluding carboxylic acids is 2. The van der Waals surface area contributed by atoms with Gasteiger partial charge in [0.1, 0.15) is 5.82 Å². The third-order valence-electron chi connectivity index (χ3n) is 5.05. The molecule has 1 saturated carbocycles. The standard InChI is InChI=1S/C19H26FNO2/c1-19(2,15-9-5-4-6-10-15)18(23)21(3)13-17(22)14-8-7-11-16(20)12-14/h7-8,11-12,15H,4-6,9-10,13H2,1-3H3. The molecular formula is C19H26FNO2. The lowest BCUT2D eigenvalue weighted by atomic mass is 9.70. The summed E-state index contributed by atoms with van der Waals surface area (Å²) in [5, 5.41) is 0. The molecule has 2 rings (SSSR count). The monoisotopic (exact) mass is 319 g/mol. The van der Waals surface area contributed by atoms with Gasteiger partial charge in [-0.2, -0.15) is 0 Å². The summed E-state index contributed by atoms with van der Waals surface area (Å²) in [7, 11) is 1.66. The molecule has 1 fully saturated rings. The maximum absolute atomic E-state index is 13.2. The third-order valence-corrected chi connectivity index (χ3v) is 5.05. The highest BCUT2D eigenvalue weighted by molar-refractivity contribution is 5.99. The fourth-order valence-electron chi connectivity index (χ4n) is 3.53. The van der Waals surface area contributed by atoms with E-state index in [-0.39, 0.29) is 18.2 Å². The molecule has 0 atom stereocenters. The van der Waals surface area contributed by atoms with Crippen LogP contribution in [-0.4, -0.2) is 30.2 Å². The van der Waals surface area contributed by atoms with Crippen molar-refractivity contribution in [2.24, 2.45) is 11.3 Å². The number of amides is 1. The minimum absolute atomic E-state index is 0.00541. The first-order valence-corrected chi connectivity index (χ1v) is 8.36. The molecule has 0 aromatic heterocycles. The summed E-state index contributed by atoms with van der Waals surface area (Å²) in [5.74, 6) is -0.309. The van der Waals surface area contributed by atoms with Gasteiger partial charge in [0.2, 0.25) is 5.91 Å². The van der Waals surface area contributed by atoms with E-state index in [1.807, 2.05) is 13.8 Å². The Bertz CT molecular complexity index is 576. The summed E-state index contributed by atoms with van der Waals surface area (Å²) < 4.78 is 13.2. The Labute approximate surface area is 137 Å². The molecule has 0 aliphatic heterocycles. The smallest absolute Gasteiger partial charge is 0.228 e. The fourth-order valence-corrected chi connectivity index (χ4v) is 3.53. The van der Waals surface area contributed by atoms with E-state index in [1.54, 1.807) is 13.1 Å². The zero-order valence-electron chi connectivity index (χ0n) is 14.3. The molecule has 1 aliphatic rings. The summed E-state index contributed by atoms with van der Waals surface area (Å²) in [4.78, 5) is 26.5. The van der Waals surface area contributed by atoms with E-state index < -0.39 is 11.2 Å². The van der Waals surface area contributed by atoms with Gasteiger partial charge in [0, 0.05) is 18.0 Å². The molecule has 0 heterocycles. The maximum atomic E-state index is 13.2. The number of hydrogen-bond donors (Lipinski definition) is 0. The lowest BCUT2D eigenvalue weighted by Gasteiger charge is -2.38. The third kappa shape index (κ3) is 4.18. The number of Topliss-reactive ketones (excluding diaryl/α,β-unsaturated/α-hetero) is 1. The molecule has 23 heavy (non-hydrogen) atoms. The van der Waals surface area contributed by atoms with Crippen LogP contribution >= 0.6 is 0 Å². The molecule has 4 heteroatoms. The lowest BCUT2D eigenvalue weighted by molar-refractivity contribution is -0.142. The van der Waals surface area contributed by atoms with Gasteiger partial charge in [0.25, 0.3) is 0 Å². The normalized spacial score (nSPS) is 16.2. The van der Waals surface area contributed by atoms with Crippen LogP contribution in [0.5, 0.6) is 0 Å². The van der Waals surface area contributed by atoms with Gasteiger partial charge < -0.3 is 4.90 Å². The van der Waals surface area contributed by atoms with Gasteiger partial charge >= 0.3 is 0 Å². The molecule has 3 nitrogen and oxygen atoms in total. The average molecular weight is 319 g/mol. The molecule has 0 radical (unpaired) electrons. The van der Waals surface area contributed by atoms with Crippen molar-refractivity contribution in [3.05, 3.63) is 35.6 Å². The van der Waals surface area contributed by atoms with Gasteiger partial charge in [0.05, 0.1) is 6.54 Å². The van der Waals surface area contributed by atoms with Crippen molar-refractivity contribution in [2.45, 2.75) is 46.0 Å². The Hall–Kier alpha value is -1.71. The summed E-state index contributed by atoms with van der Waals surface area (Å²) in [5.41, 5.74) is -0.155. The van der Waals surface area contributed by atoms with Crippen LogP contribution in [0.1, 0.15) is 56.3 Å². The first kappa shape index (κ1) is 17.6. The summed E-state index contributed by atoms with van der Waals surface area (Å²) in [6, 6.07) is 5.61. The Kier molecular flexibility index (Phi) is 5.55. The van der Waals surface area contributed by atoms with Gasteiger partial charge in [0.15, 0.2) is 5.78 Å². The summed E-state index contributed by atoms with van der Waals surface area (Å²) in [6.45, 7) is 3.95. The molecule has 1 aromatic carbocycles. The number of carbonyl (C=O) groups is 2. The highest BCUT2D eigenvalue weighted by atomic mass is 19.1. The van der Waals surface area contributed by atoms with E-state index in [1.165, 1.54) is 42.4 Å². The Morgan fingerprint density at radius 1 is 1.22 bits per heavy atom. The van der Waals surface area contributed by atoms with Crippen molar-refractivity contribution in [1.29, 1.82) is 0 Å². The van der Waals surface area contributed by atoms with E-state index in [4.69, 9.17) is 0 Å².